The summed E-state index contributed by atoms with van der Waals surface area (Å²) in [6.45, 7) is 1.97. The third-order valence-corrected chi connectivity index (χ3v) is 5.83. The monoisotopic (exact) mass is 489 g/mol. The third kappa shape index (κ3) is 5.50. The molecule has 4 aromatic rings. The summed E-state index contributed by atoms with van der Waals surface area (Å²) < 4.78 is 1.86. The number of nitrogens with zero attached hydrogens (tertiary/aromatic N) is 5. The van der Waals surface area contributed by atoms with Crippen LogP contribution in [0.1, 0.15) is 15.9 Å². The van der Waals surface area contributed by atoms with Crippen LogP contribution in [0.25, 0.3) is 17.1 Å². The van der Waals surface area contributed by atoms with Gasteiger partial charge in [-0.2, -0.15) is 0 Å². The summed E-state index contributed by atoms with van der Waals surface area (Å²) in [6.07, 6.45) is 3.36. The molecule has 35 heavy (non-hydrogen) atoms. The summed E-state index contributed by atoms with van der Waals surface area (Å²) in [5, 5.41) is 19.8. The van der Waals surface area contributed by atoms with Crippen LogP contribution in [0.15, 0.2) is 78.2 Å². The van der Waals surface area contributed by atoms with E-state index in [9.17, 15) is 19.7 Å². The van der Waals surface area contributed by atoms with Crippen molar-refractivity contribution >= 4 is 29.3 Å². The molecule has 0 bridgehead atoms. The number of para-hydroxylation sites is 1. The Hall–Kier alpha value is -4.58. The highest BCUT2D eigenvalue weighted by atomic mass is 32.2. The van der Waals surface area contributed by atoms with E-state index in [1.807, 2.05) is 41.8 Å². The van der Waals surface area contributed by atoms with Gasteiger partial charge in [0.05, 0.1) is 16.4 Å². The first-order valence-corrected chi connectivity index (χ1v) is 11.3. The van der Waals surface area contributed by atoms with Crippen LogP contribution in [0.2, 0.25) is 0 Å². The number of hydrogen-bond acceptors (Lipinski definition) is 8. The van der Waals surface area contributed by atoms with Gasteiger partial charge in [0.15, 0.2) is 11.0 Å². The number of benzene rings is 2. The number of aryl methyl sites for hydroxylation is 1. The maximum absolute atomic E-state index is 12.4. The minimum atomic E-state index is -0.597. The van der Waals surface area contributed by atoms with E-state index in [1.54, 1.807) is 18.5 Å². The van der Waals surface area contributed by atoms with Crippen LogP contribution in [0.5, 0.6) is 0 Å². The normalized spacial score (nSPS) is 10.5. The summed E-state index contributed by atoms with van der Waals surface area (Å²) in [7, 11) is 0. The zero-order valence-corrected chi connectivity index (χ0v) is 19.2. The highest BCUT2D eigenvalue weighted by Gasteiger charge is 2.19. The molecule has 0 radical (unpaired) electrons. The molecule has 2 amide bonds. The average Bonchev–Trinajstić information content (AvgIpc) is 3.30. The van der Waals surface area contributed by atoms with Gasteiger partial charge in [-0.1, -0.05) is 30.0 Å². The molecule has 0 atom stereocenters. The van der Waals surface area contributed by atoms with Crippen LogP contribution in [-0.4, -0.2) is 42.2 Å². The molecule has 2 N–H and O–H groups in total. The fourth-order valence-corrected chi connectivity index (χ4v) is 3.92. The second-order valence-electron chi connectivity index (χ2n) is 7.26. The van der Waals surface area contributed by atoms with Gasteiger partial charge in [-0.15, -0.1) is 10.2 Å². The minimum absolute atomic E-state index is 0.0441. The maximum atomic E-state index is 12.4. The van der Waals surface area contributed by atoms with Gasteiger partial charge in [-0.3, -0.25) is 40.1 Å². The van der Waals surface area contributed by atoms with Crippen LogP contribution >= 0.6 is 11.8 Å². The molecule has 12 heteroatoms. The summed E-state index contributed by atoms with van der Waals surface area (Å²) in [6, 6.07) is 16.5. The fraction of sp³-hybridized carbons (Fsp3) is 0.0870. The smallest absolute Gasteiger partial charge is 0.269 e. The second-order valence-corrected chi connectivity index (χ2v) is 8.21. The maximum Gasteiger partial charge on any atom is 0.269 e. The first-order chi connectivity index (χ1) is 16.9. The largest absolute Gasteiger partial charge is 0.272 e. The summed E-state index contributed by atoms with van der Waals surface area (Å²) in [5.74, 6) is -0.521. The number of rotatable bonds is 7. The predicted octanol–water partition coefficient (Wildman–Crippen LogP) is 3.10. The first-order valence-electron chi connectivity index (χ1n) is 10.3. The summed E-state index contributed by atoms with van der Waals surface area (Å²) in [4.78, 5) is 38.9. The van der Waals surface area contributed by atoms with Gasteiger partial charge in [-0.05, 0) is 42.8 Å². The lowest BCUT2D eigenvalue weighted by molar-refractivity contribution is -0.384. The Labute approximate surface area is 203 Å². The highest BCUT2D eigenvalue weighted by Crippen LogP contribution is 2.29. The van der Waals surface area contributed by atoms with E-state index < -0.39 is 16.7 Å². The van der Waals surface area contributed by atoms with Gasteiger partial charge in [0.25, 0.3) is 11.6 Å². The summed E-state index contributed by atoms with van der Waals surface area (Å²) >= 11 is 1.16. The number of amides is 2. The van der Waals surface area contributed by atoms with Crippen LogP contribution in [0.4, 0.5) is 5.69 Å². The van der Waals surface area contributed by atoms with Gasteiger partial charge in [0.2, 0.25) is 5.91 Å². The van der Waals surface area contributed by atoms with Gasteiger partial charge < -0.3 is 0 Å². The fourth-order valence-electron chi connectivity index (χ4n) is 3.18. The molecule has 0 saturated heterocycles. The van der Waals surface area contributed by atoms with Crippen molar-refractivity contribution < 1.29 is 14.5 Å². The van der Waals surface area contributed by atoms with E-state index >= 15 is 0 Å². The molecule has 0 aliphatic carbocycles. The van der Waals surface area contributed by atoms with Crippen molar-refractivity contribution in [3.63, 3.8) is 0 Å². The zero-order valence-electron chi connectivity index (χ0n) is 18.4. The van der Waals surface area contributed by atoms with Crippen molar-refractivity contribution in [2.24, 2.45) is 0 Å². The molecule has 0 aliphatic rings. The van der Waals surface area contributed by atoms with Crippen LogP contribution in [-0.2, 0) is 4.79 Å². The van der Waals surface area contributed by atoms with E-state index in [1.165, 1.54) is 24.3 Å². The molecule has 4 rings (SSSR count). The minimum Gasteiger partial charge on any atom is -0.272 e. The molecular weight excluding hydrogens is 470 g/mol. The van der Waals surface area contributed by atoms with E-state index in [0.29, 0.717) is 11.0 Å². The number of hydrogen-bond donors (Lipinski definition) is 2. The molecule has 2 aromatic heterocycles. The standard InChI is InChI=1S/C23H19N7O4S/c1-15-5-2-3-7-19(15)29-21(17-6-4-12-24-13-17)26-28-23(29)35-14-20(31)25-27-22(32)16-8-10-18(11-9-16)30(33)34/h2-13H,14H2,1H3,(H,25,31)(H,27,32). The molecule has 176 valence electrons. The molecule has 2 aromatic carbocycles. The zero-order chi connectivity index (χ0) is 24.8. The Morgan fingerprint density at radius 3 is 2.49 bits per heavy atom. The number of nitro groups is 1. The Bertz CT molecular complexity index is 1370. The molecular formula is C23H19N7O4S. The van der Waals surface area contributed by atoms with Crippen molar-refractivity contribution in [1.29, 1.82) is 0 Å². The van der Waals surface area contributed by atoms with Crippen molar-refractivity contribution in [3.05, 3.63) is 94.3 Å². The lowest BCUT2D eigenvalue weighted by atomic mass is 10.2. The molecule has 0 saturated carbocycles. The number of hydrazine groups is 1. The Morgan fingerprint density at radius 2 is 1.80 bits per heavy atom. The van der Waals surface area contributed by atoms with Crippen molar-refractivity contribution in [2.75, 3.05) is 5.75 Å². The highest BCUT2D eigenvalue weighted by molar-refractivity contribution is 7.99. The molecule has 11 nitrogen and oxygen atoms in total. The van der Waals surface area contributed by atoms with Gasteiger partial charge in [-0.25, -0.2) is 0 Å². The van der Waals surface area contributed by atoms with Gasteiger partial charge in [0.1, 0.15) is 0 Å². The van der Waals surface area contributed by atoms with E-state index in [0.717, 1.165) is 28.6 Å². The predicted molar refractivity (Wildman–Crippen MR) is 129 cm³/mol. The number of pyridine rings is 1. The van der Waals surface area contributed by atoms with Crippen molar-refractivity contribution in [1.82, 2.24) is 30.6 Å². The molecule has 0 unspecified atom stereocenters. The number of thioether (sulfide) groups is 1. The number of nitro benzene ring substituents is 1. The Morgan fingerprint density at radius 1 is 1.03 bits per heavy atom. The molecule has 2 heterocycles. The van der Waals surface area contributed by atoms with E-state index in [4.69, 9.17) is 0 Å². The molecule has 0 fully saturated rings. The number of carbonyl (C=O) groups is 2. The number of carbonyl (C=O) groups excluding carboxylic acids is 2. The van der Waals surface area contributed by atoms with Gasteiger partial charge >= 0.3 is 0 Å². The molecule has 0 aliphatic heterocycles. The third-order valence-electron chi connectivity index (χ3n) is 4.90. The van der Waals surface area contributed by atoms with Gasteiger partial charge in [0, 0.05) is 35.7 Å². The first kappa shape index (κ1) is 23.6. The van der Waals surface area contributed by atoms with E-state index in [2.05, 4.69) is 26.0 Å². The topological polar surface area (TPSA) is 145 Å². The summed E-state index contributed by atoms with van der Waals surface area (Å²) in [5.41, 5.74) is 7.31. The number of non-ortho nitro benzene ring substituents is 1. The Balaban J connectivity index is 1.45. The second kappa shape index (κ2) is 10.6. The Kier molecular flexibility index (Phi) is 7.12. The number of nitrogens with one attached hydrogen (secondary N) is 2. The van der Waals surface area contributed by atoms with Crippen molar-refractivity contribution in [3.8, 4) is 17.1 Å². The van der Waals surface area contributed by atoms with Crippen molar-refractivity contribution in [2.45, 2.75) is 12.1 Å². The molecule has 0 spiro atoms. The lowest BCUT2D eigenvalue weighted by Gasteiger charge is -2.13. The lowest BCUT2D eigenvalue weighted by Crippen LogP contribution is -2.42. The van der Waals surface area contributed by atoms with E-state index in [-0.39, 0.29) is 17.0 Å². The number of aromatic nitrogens is 4. The quantitative estimate of drug-likeness (QED) is 0.229. The van der Waals surface area contributed by atoms with Crippen LogP contribution in [0, 0.1) is 17.0 Å². The van der Waals surface area contributed by atoms with Crippen LogP contribution < -0.4 is 10.9 Å². The van der Waals surface area contributed by atoms with Crippen LogP contribution in [0.3, 0.4) is 0 Å². The average molecular weight is 490 g/mol. The SMILES string of the molecule is Cc1ccccc1-n1c(SCC(=O)NNC(=O)c2ccc([N+](=O)[O-])cc2)nnc1-c1cccnc1.